The van der Waals surface area contributed by atoms with Crippen molar-refractivity contribution in [2.45, 2.75) is 18.7 Å². The summed E-state index contributed by atoms with van der Waals surface area (Å²) in [4.78, 5) is 4.45. The minimum Gasteiger partial charge on any atom is -0.494 e. The highest BCUT2D eigenvalue weighted by Crippen LogP contribution is 2.27. The molecule has 0 aliphatic rings. The van der Waals surface area contributed by atoms with Crippen LogP contribution in [0.2, 0.25) is 0 Å². The molecular weight excluding hydrogens is 286 g/mol. The highest BCUT2D eigenvalue weighted by atomic mass is 35.5. The SMILES string of the molecule is CCOc1ccc(C(Cl)Cc2nc3ccccc3o2)cc1. The minimum absolute atomic E-state index is 0.172. The number of benzene rings is 2. The van der Waals surface area contributed by atoms with Crippen molar-refractivity contribution in [2.75, 3.05) is 6.61 Å². The molecule has 3 aromatic rings. The van der Waals surface area contributed by atoms with Crippen LogP contribution in [0.15, 0.2) is 52.9 Å². The topological polar surface area (TPSA) is 35.3 Å². The second-order valence-electron chi connectivity index (χ2n) is 4.75. The molecule has 0 saturated heterocycles. The predicted molar refractivity (Wildman–Crippen MR) is 83.9 cm³/mol. The molecular formula is C17H16ClNO2. The standard InChI is InChI=1S/C17H16ClNO2/c1-2-20-13-9-7-12(8-10-13)14(18)11-17-19-15-5-3-4-6-16(15)21-17/h3-10,14H,2,11H2,1H3. The van der Waals surface area contributed by atoms with Gasteiger partial charge in [0.25, 0.3) is 0 Å². The minimum atomic E-state index is -0.172. The van der Waals surface area contributed by atoms with E-state index in [0.29, 0.717) is 18.9 Å². The van der Waals surface area contributed by atoms with Gasteiger partial charge in [-0.3, -0.25) is 0 Å². The molecule has 21 heavy (non-hydrogen) atoms. The van der Waals surface area contributed by atoms with Crippen LogP contribution in [0, 0.1) is 0 Å². The number of para-hydroxylation sites is 2. The number of hydrogen-bond donors (Lipinski definition) is 0. The van der Waals surface area contributed by atoms with Crippen molar-refractivity contribution >= 4 is 22.7 Å². The summed E-state index contributed by atoms with van der Waals surface area (Å²) in [6.45, 7) is 2.62. The molecule has 108 valence electrons. The largest absolute Gasteiger partial charge is 0.494 e. The normalized spacial score (nSPS) is 12.5. The Hall–Kier alpha value is -2.00. The van der Waals surface area contributed by atoms with Gasteiger partial charge in [0.1, 0.15) is 11.3 Å². The van der Waals surface area contributed by atoms with Crippen LogP contribution in [0.1, 0.15) is 23.8 Å². The van der Waals surface area contributed by atoms with Gasteiger partial charge in [-0.05, 0) is 36.8 Å². The maximum atomic E-state index is 6.46. The molecule has 0 aliphatic carbocycles. The fraction of sp³-hybridized carbons (Fsp3) is 0.235. The summed E-state index contributed by atoms with van der Waals surface area (Å²) in [6.07, 6.45) is 0.560. The van der Waals surface area contributed by atoms with Gasteiger partial charge in [-0.25, -0.2) is 4.98 Å². The fourth-order valence-electron chi connectivity index (χ4n) is 2.22. The van der Waals surface area contributed by atoms with Crippen LogP contribution in [0.25, 0.3) is 11.1 Å². The number of nitrogens with zero attached hydrogens (tertiary/aromatic N) is 1. The molecule has 1 aromatic heterocycles. The highest BCUT2D eigenvalue weighted by molar-refractivity contribution is 6.20. The van der Waals surface area contributed by atoms with Crippen molar-refractivity contribution < 1.29 is 9.15 Å². The zero-order valence-corrected chi connectivity index (χ0v) is 12.5. The summed E-state index contributed by atoms with van der Waals surface area (Å²) < 4.78 is 11.1. The molecule has 0 N–H and O–H groups in total. The third-order valence-corrected chi connectivity index (χ3v) is 3.65. The molecule has 0 amide bonds. The van der Waals surface area contributed by atoms with E-state index in [2.05, 4.69) is 4.98 Å². The Bertz CT molecular complexity index is 688. The first-order valence-electron chi connectivity index (χ1n) is 6.97. The van der Waals surface area contributed by atoms with Crippen LogP contribution in [0.4, 0.5) is 0 Å². The van der Waals surface area contributed by atoms with Crippen molar-refractivity contribution in [3.8, 4) is 5.75 Å². The number of oxazole rings is 1. The lowest BCUT2D eigenvalue weighted by atomic mass is 10.1. The Balaban J connectivity index is 1.74. The molecule has 1 heterocycles. The zero-order chi connectivity index (χ0) is 14.7. The van der Waals surface area contributed by atoms with Gasteiger partial charge in [0.05, 0.1) is 12.0 Å². The zero-order valence-electron chi connectivity index (χ0n) is 11.8. The first-order chi connectivity index (χ1) is 10.3. The van der Waals surface area contributed by atoms with Gasteiger partial charge in [-0.2, -0.15) is 0 Å². The third kappa shape index (κ3) is 3.19. The number of halogens is 1. The highest BCUT2D eigenvalue weighted by Gasteiger charge is 2.13. The van der Waals surface area contributed by atoms with Gasteiger partial charge >= 0.3 is 0 Å². The Kier molecular flexibility index (Phi) is 4.11. The quantitative estimate of drug-likeness (QED) is 0.638. The number of alkyl halides is 1. The Labute approximate surface area is 128 Å². The molecule has 2 aromatic carbocycles. The smallest absolute Gasteiger partial charge is 0.197 e. The van der Waals surface area contributed by atoms with Gasteiger partial charge in [0, 0.05) is 6.42 Å². The fourth-order valence-corrected chi connectivity index (χ4v) is 2.50. The predicted octanol–water partition coefficient (Wildman–Crippen LogP) is 4.75. The summed E-state index contributed by atoms with van der Waals surface area (Å²) in [6, 6.07) is 15.5. The maximum absolute atomic E-state index is 6.46. The van der Waals surface area contributed by atoms with E-state index in [0.717, 1.165) is 22.4 Å². The maximum Gasteiger partial charge on any atom is 0.197 e. The molecule has 3 rings (SSSR count). The Morgan fingerprint density at radius 3 is 2.62 bits per heavy atom. The Morgan fingerprint density at radius 1 is 1.14 bits per heavy atom. The molecule has 1 unspecified atom stereocenters. The summed E-state index contributed by atoms with van der Waals surface area (Å²) in [7, 11) is 0. The van der Waals surface area contributed by atoms with Gasteiger partial charge in [-0.1, -0.05) is 24.3 Å². The molecule has 0 radical (unpaired) electrons. The summed E-state index contributed by atoms with van der Waals surface area (Å²) in [5.41, 5.74) is 2.69. The molecule has 0 saturated carbocycles. The van der Waals surface area contributed by atoms with E-state index in [4.69, 9.17) is 20.8 Å². The third-order valence-electron chi connectivity index (χ3n) is 3.24. The number of rotatable bonds is 5. The van der Waals surface area contributed by atoms with E-state index in [-0.39, 0.29) is 5.38 Å². The number of hydrogen-bond acceptors (Lipinski definition) is 3. The lowest BCUT2D eigenvalue weighted by molar-refractivity contribution is 0.340. The number of aromatic nitrogens is 1. The van der Waals surface area contributed by atoms with Crippen molar-refractivity contribution in [1.82, 2.24) is 4.98 Å². The van der Waals surface area contributed by atoms with E-state index in [1.165, 1.54) is 0 Å². The van der Waals surface area contributed by atoms with Crippen molar-refractivity contribution in [1.29, 1.82) is 0 Å². The summed E-state index contributed by atoms with van der Waals surface area (Å²) in [5, 5.41) is -0.172. The van der Waals surface area contributed by atoms with Crippen molar-refractivity contribution in [3.05, 3.63) is 60.0 Å². The molecule has 0 aliphatic heterocycles. The van der Waals surface area contributed by atoms with Crippen LogP contribution < -0.4 is 4.74 Å². The van der Waals surface area contributed by atoms with Gasteiger partial charge < -0.3 is 9.15 Å². The average Bonchev–Trinajstić information content (AvgIpc) is 2.90. The van der Waals surface area contributed by atoms with E-state index >= 15 is 0 Å². The molecule has 0 fully saturated rings. The molecule has 0 spiro atoms. The first-order valence-corrected chi connectivity index (χ1v) is 7.41. The van der Waals surface area contributed by atoms with Crippen molar-refractivity contribution in [2.24, 2.45) is 0 Å². The number of ether oxygens (including phenoxy) is 1. The Morgan fingerprint density at radius 2 is 1.90 bits per heavy atom. The van der Waals surface area contributed by atoms with Gasteiger partial charge in [-0.15, -0.1) is 11.6 Å². The van der Waals surface area contributed by atoms with Crippen LogP contribution >= 0.6 is 11.6 Å². The summed E-state index contributed by atoms with van der Waals surface area (Å²) >= 11 is 6.46. The number of fused-ring (bicyclic) bond motifs is 1. The lowest BCUT2D eigenvalue weighted by Gasteiger charge is -2.09. The van der Waals surface area contributed by atoms with Crippen LogP contribution in [0.3, 0.4) is 0 Å². The second-order valence-corrected chi connectivity index (χ2v) is 5.28. The average molecular weight is 302 g/mol. The van der Waals surface area contributed by atoms with Crippen LogP contribution in [-0.4, -0.2) is 11.6 Å². The van der Waals surface area contributed by atoms with Crippen LogP contribution in [0.5, 0.6) is 5.75 Å². The van der Waals surface area contributed by atoms with Crippen LogP contribution in [-0.2, 0) is 6.42 Å². The first kappa shape index (κ1) is 14.0. The van der Waals surface area contributed by atoms with E-state index in [1.54, 1.807) is 0 Å². The van der Waals surface area contributed by atoms with E-state index in [9.17, 15) is 0 Å². The molecule has 4 heteroatoms. The summed E-state index contributed by atoms with van der Waals surface area (Å²) in [5.74, 6) is 1.51. The van der Waals surface area contributed by atoms with Gasteiger partial charge in [0.2, 0.25) is 0 Å². The van der Waals surface area contributed by atoms with Crippen molar-refractivity contribution in [3.63, 3.8) is 0 Å². The monoisotopic (exact) mass is 301 g/mol. The van der Waals surface area contributed by atoms with E-state index < -0.39 is 0 Å². The molecule has 0 bridgehead atoms. The molecule has 1 atom stereocenters. The molecule has 3 nitrogen and oxygen atoms in total. The lowest BCUT2D eigenvalue weighted by Crippen LogP contribution is -1.97. The van der Waals surface area contributed by atoms with E-state index in [1.807, 2.05) is 55.5 Å². The second kappa shape index (κ2) is 6.19. The van der Waals surface area contributed by atoms with Gasteiger partial charge in [0.15, 0.2) is 11.5 Å².